The maximum Gasteiger partial charge on any atom is 0.143 e. The van der Waals surface area contributed by atoms with Crippen molar-refractivity contribution in [3.8, 4) is 44.5 Å². The third kappa shape index (κ3) is 6.26. The predicted molar refractivity (Wildman–Crippen MR) is 280 cm³/mol. The lowest BCUT2D eigenvalue weighted by molar-refractivity contribution is 0.670. The van der Waals surface area contributed by atoms with Gasteiger partial charge < -0.3 is 9.32 Å². The van der Waals surface area contributed by atoms with Gasteiger partial charge in [-0.2, -0.15) is 0 Å². The highest BCUT2D eigenvalue weighted by molar-refractivity contribution is 6.15. The van der Waals surface area contributed by atoms with Gasteiger partial charge in [0.1, 0.15) is 11.2 Å². The smallest absolute Gasteiger partial charge is 0.143 e. The van der Waals surface area contributed by atoms with Gasteiger partial charge in [-0.25, -0.2) is 0 Å². The van der Waals surface area contributed by atoms with Gasteiger partial charge in [0.25, 0.3) is 0 Å². The standard InChI is InChI=1S/C64H41NO/c1-4-20-51-43(14-1)17-12-27-59(51)63-53-22-6-2-15-44(53)34-39-54(63)45-32-37-50(38-33-45)65(61-41-48-16-3-5-21-52(48)56-23-7-8-24-57(56)61)49-35-30-42(31-36-49)46-18-11-19-47(40-46)55-26-13-28-60-58-25-9-10-29-62(58)66-64(55)60/h1-41H. The molecule has 2 nitrogen and oxygen atoms in total. The topological polar surface area (TPSA) is 16.4 Å². The lowest BCUT2D eigenvalue weighted by Gasteiger charge is -2.28. The monoisotopic (exact) mass is 839 g/mol. The molecule has 0 aliphatic carbocycles. The van der Waals surface area contributed by atoms with Crippen LogP contribution in [0.25, 0.3) is 110 Å². The normalized spacial score (nSPS) is 11.6. The molecule has 1 aromatic heterocycles. The summed E-state index contributed by atoms with van der Waals surface area (Å²) >= 11 is 0. The van der Waals surface area contributed by atoms with Crippen LogP contribution in [0.2, 0.25) is 0 Å². The van der Waals surface area contributed by atoms with E-state index in [0.29, 0.717) is 0 Å². The molecule has 0 bridgehead atoms. The molecule has 0 aliphatic rings. The Morgan fingerprint density at radius 1 is 0.273 bits per heavy atom. The Balaban J connectivity index is 0.941. The van der Waals surface area contributed by atoms with Gasteiger partial charge in [-0.1, -0.05) is 206 Å². The Labute approximate surface area is 382 Å². The highest BCUT2D eigenvalue weighted by Crippen LogP contribution is 2.46. The van der Waals surface area contributed by atoms with Gasteiger partial charge in [0.2, 0.25) is 0 Å². The van der Waals surface area contributed by atoms with E-state index in [1.807, 2.05) is 12.1 Å². The van der Waals surface area contributed by atoms with Crippen molar-refractivity contribution in [2.75, 3.05) is 4.90 Å². The Hall–Kier alpha value is -8.72. The van der Waals surface area contributed by atoms with Crippen molar-refractivity contribution in [1.82, 2.24) is 0 Å². The predicted octanol–water partition coefficient (Wildman–Crippen LogP) is 18.3. The second kappa shape index (κ2) is 15.5. The quantitative estimate of drug-likeness (QED) is 0.149. The number of benzene rings is 12. The molecule has 0 amide bonds. The molecule has 308 valence electrons. The van der Waals surface area contributed by atoms with Gasteiger partial charge in [0, 0.05) is 33.1 Å². The van der Waals surface area contributed by atoms with Crippen LogP contribution < -0.4 is 4.90 Å². The van der Waals surface area contributed by atoms with E-state index in [0.717, 1.165) is 61.3 Å². The van der Waals surface area contributed by atoms with Crippen LogP contribution in [0.4, 0.5) is 17.1 Å². The first kappa shape index (κ1) is 37.8. The summed E-state index contributed by atoms with van der Waals surface area (Å²) < 4.78 is 6.45. The molecule has 0 atom stereocenters. The molecule has 0 aliphatic heterocycles. The maximum absolute atomic E-state index is 6.45. The molecular weight excluding hydrogens is 799 g/mol. The summed E-state index contributed by atoms with van der Waals surface area (Å²) in [5.74, 6) is 0. The summed E-state index contributed by atoms with van der Waals surface area (Å²) in [5.41, 5.74) is 14.5. The van der Waals surface area contributed by atoms with E-state index in [-0.39, 0.29) is 0 Å². The van der Waals surface area contributed by atoms with Crippen molar-refractivity contribution in [2.24, 2.45) is 0 Å². The van der Waals surface area contributed by atoms with E-state index < -0.39 is 0 Å². The Morgan fingerprint density at radius 2 is 0.818 bits per heavy atom. The molecule has 0 fully saturated rings. The zero-order valence-electron chi connectivity index (χ0n) is 36.0. The largest absolute Gasteiger partial charge is 0.455 e. The molecule has 1 heterocycles. The third-order valence-corrected chi connectivity index (χ3v) is 13.4. The minimum Gasteiger partial charge on any atom is -0.455 e. The Morgan fingerprint density at radius 3 is 1.61 bits per heavy atom. The average molecular weight is 840 g/mol. The van der Waals surface area contributed by atoms with Crippen molar-refractivity contribution in [2.45, 2.75) is 0 Å². The first-order chi connectivity index (χ1) is 32.7. The van der Waals surface area contributed by atoms with Crippen LogP contribution in [-0.4, -0.2) is 0 Å². The molecule has 0 N–H and O–H groups in total. The summed E-state index contributed by atoms with van der Waals surface area (Å²) in [4.78, 5) is 2.42. The number of hydrogen-bond donors (Lipinski definition) is 0. The van der Waals surface area contributed by atoms with Crippen LogP contribution in [0.5, 0.6) is 0 Å². The minimum atomic E-state index is 0.907. The first-order valence-electron chi connectivity index (χ1n) is 22.7. The number of rotatable bonds is 7. The molecule has 0 unspecified atom stereocenters. The number of para-hydroxylation sites is 2. The molecule has 13 aromatic rings. The van der Waals surface area contributed by atoms with Crippen LogP contribution in [0, 0.1) is 0 Å². The summed E-state index contributed by atoms with van der Waals surface area (Å²) in [7, 11) is 0. The number of anilines is 3. The average Bonchev–Trinajstić information content (AvgIpc) is 3.78. The van der Waals surface area contributed by atoms with E-state index in [1.165, 1.54) is 65.3 Å². The van der Waals surface area contributed by atoms with Gasteiger partial charge >= 0.3 is 0 Å². The molecule has 12 aromatic carbocycles. The fourth-order valence-electron chi connectivity index (χ4n) is 10.3. The van der Waals surface area contributed by atoms with Crippen LogP contribution >= 0.6 is 0 Å². The number of fused-ring (bicyclic) bond motifs is 8. The van der Waals surface area contributed by atoms with Crippen LogP contribution in [0.1, 0.15) is 0 Å². The summed E-state index contributed by atoms with van der Waals surface area (Å²) in [6.45, 7) is 0. The van der Waals surface area contributed by atoms with Crippen molar-refractivity contribution in [1.29, 1.82) is 0 Å². The van der Waals surface area contributed by atoms with E-state index >= 15 is 0 Å². The molecule has 0 saturated carbocycles. The second-order valence-corrected chi connectivity index (χ2v) is 17.2. The van der Waals surface area contributed by atoms with Crippen molar-refractivity contribution < 1.29 is 4.42 Å². The highest BCUT2D eigenvalue weighted by Gasteiger charge is 2.20. The fourth-order valence-corrected chi connectivity index (χ4v) is 10.3. The van der Waals surface area contributed by atoms with Gasteiger partial charge in [0.05, 0.1) is 5.69 Å². The summed E-state index contributed by atoms with van der Waals surface area (Å²) in [6.07, 6.45) is 0. The lowest BCUT2D eigenvalue weighted by atomic mass is 9.87. The summed E-state index contributed by atoms with van der Waals surface area (Å²) in [6, 6.07) is 90.3. The summed E-state index contributed by atoms with van der Waals surface area (Å²) in [5, 5.41) is 12.1. The number of nitrogens with zero attached hydrogens (tertiary/aromatic N) is 1. The molecule has 66 heavy (non-hydrogen) atoms. The minimum absolute atomic E-state index is 0.907. The van der Waals surface area contributed by atoms with Gasteiger partial charge in [-0.15, -0.1) is 0 Å². The van der Waals surface area contributed by atoms with E-state index in [4.69, 9.17) is 4.42 Å². The van der Waals surface area contributed by atoms with E-state index in [2.05, 4.69) is 241 Å². The second-order valence-electron chi connectivity index (χ2n) is 17.2. The number of hydrogen-bond acceptors (Lipinski definition) is 2. The number of furan rings is 1. The molecule has 0 spiro atoms. The van der Waals surface area contributed by atoms with Crippen LogP contribution in [-0.2, 0) is 0 Å². The van der Waals surface area contributed by atoms with E-state index in [9.17, 15) is 0 Å². The lowest BCUT2D eigenvalue weighted by Crippen LogP contribution is -2.10. The molecular formula is C64H41NO. The maximum atomic E-state index is 6.45. The van der Waals surface area contributed by atoms with Crippen LogP contribution in [0.15, 0.2) is 253 Å². The highest BCUT2D eigenvalue weighted by atomic mass is 16.3. The van der Waals surface area contributed by atoms with Crippen molar-refractivity contribution in [3.63, 3.8) is 0 Å². The van der Waals surface area contributed by atoms with Crippen LogP contribution in [0.3, 0.4) is 0 Å². The van der Waals surface area contributed by atoms with Gasteiger partial charge in [-0.3, -0.25) is 0 Å². The molecule has 0 saturated heterocycles. The zero-order chi connectivity index (χ0) is 43.6. The first-order valence-corrected chi connectivity index (χ1v) is 22.7. The fraction of sp³-hybridized carbons (Fsp3) is 0. The third-order valence-electron chi connectivity index (χ3n) is 13.4. The van der Waals surface area contributed by atoms with Crippen molar-refractivity contribution in [3.05, 3.63) is 249 Å². The van der Waals surface area contributed by atoms with Crippen molar-refractivity contribution >= 4 is 82.1 Å². The zero-order valence-corrected chi connectivity index (χ0v) is 36.0. The molecule has 2 heteroatoms. The molecule has 13 rings (SSSR count). The Bertz CT molecular complexity index is 3990. The molecule has 0 radical (unpaired) electrons. The SMILES string of the molecule is c1cc(-c2ccc(N(c3ccc(-c4ccc5ccccc5c4-c4cccc5ccccc45)cc3)c3cc4ccccc4c4ccccc34)cc2)cc(-c2cccc3c2oc2ccccc23)c1. The van der Waals surface area contributed by atoms with Gasteiger partial charge in [0.15, 0.2) is 0 Å². The van der Waals surface area contributed by atoms with Gasteiger partial charge in [-0.05, 0) is 119 Å². The Kier molecular flexibility index (Phi) is 8.89. The van der Waals surface area contributed by atoms with E-state index in [1.54, 1.807) is 0 Å².